The number of anilines is 1. The number of benzene rings is 1. The molecular weight excluding hydrogens is 212 g/mol. The summed E-state index contributed by atoms with van der Waals surface area (Å²) in [6.45, 7) is 8.13. The van der Waals surface area contributed by atoms with Crippen molar-refractivity contribution in [2.45, 2.75) is 34.1 Å². The molecule has 0 bridgehead atoms. The van der Waals surface area contributed by atoms with Crippen LogP contribution >= 0.6 is 0 Å². The highest BCUT2D eigenvalue weighted by molar-refractivity contribution is 5.96. The van der Waals surface area contributed by atoms with Gasteiger partial charge >= 0.3 is 0 Å². The van der Waals surface area contributed by atoms with Crippen LogP contribution in [0, 0.1) is 12.3 Å². The molecule has 1 aromatic carbocycles. The summed E-state index contributed by atoms with van der Waals surface area (Å²) >= 11 is 0. The average molecular weight is 234 g/mol. The molecule has 0 spiro atoms. The summed E-state index contributed by atoms with van der Waals surface area (Å²) in [5.41, 5.74) is 8.25. The Labute approximate surface area is 103 Å². The zero-order chi connectivity index (χ0) is 13.1. The normalized spacial score (nSPS) is 11.4. The summed E-state index contributed by atoms with van der Waals surface area (Å²) in [5, 5.41) is 3.00. The number of aryl methyl sites for hydroxylation is 2. The second-order valence-corrected chi connectivity index (χ2v) is 5.00. The summed E-state index contributed by atoms with van der Waals surface area (Å²) in [5.74, 6) is -0.0241. The fourth-order valence-electron chi connectivity index (χ4n) is 1.58. The fraction of sp³-hybridized carbons (Fsp3) is 0.500. The number of amides is 1. The lowest BCUT2D eigenvalue weighted by Gasteiger charge is -2.23. The van der Waals surface area contributed by atoms with Crippen LogP contribution in [0.3, 0.4) is 0 Å². The molecule has 1 aromatic rings. The van der Waals surface area contributed by atoms with Gasteiger partial charge in [-0.3, -0.25) is 4.79 Å². The smallest absolute Gasteiger partial charge is 0.231 e. The van der Waals surface area contributed by atoms with Crippen LogP contribution in [0.2, 0.25) is 0 Å². The van der Waals surface area contributed by atoms with Crippen LogP contribution in [0.1, 0.15) is 31.9 Å². The van der Waals surface area contributed by atoms with E-state index in [0.717, 1.165) is 23.2 Å². The van der Waals surface area contributed by atoms with Crippen LogP contribution in [0.25, 0.3) is 0 Å². The van der Waals surface area contributed by atoms with E-state index >= 15 is 0 Å². The van der Waals surface area contributed by atoms with Gasteiger partial charge in [0.1, 0.15) is 0 Å². The number of hydrogen-bond donors (Lipinski definition) is 2. The monoisotopic (exact) mass is 234 g/mol. The van der Waals surface area contributed by atoms with Gasteiger partial charge in [-0.25, -0.2) is 0 Å². The van der Waals surface area contributed by atoms with E-state index in [1.807, 2.05) is 39.0 Å². The van der Waals surface area contributed by atoms with Crippen molar-refractivity contribution in [3.63, 3.8) is 0 Å². The molecule has 0 heterocycles. The molecule has 3 N–H and O–H groups in total. The third-order valence-electron chi connectivity index (χ3n) is 3.10. The second kappa shape index (κ2) is 5.32. The molecule has 1 rings (SSSR count). The number of rotatable bonds is 4. The molecule has 3 heteroatoms. The largest absolute Gasteiger partial charge is 0.329 e. The Morgan fingerprint density at radius 3 is 2.59 bits per heavy atom. The van der Waals surface area contributed by atoms with Crippen molar-refractivity contribution in [1.82, 2.24) is 0 Å². The third kappa shape index (κ3) is 3.07. The van der Waals surface area contributed by atoms with E-state index in [9.17, 15) is 4.79 Å². The van der Waals surface area contributed by atoms with Crippen molar-refractivity contribution in [3.8, 4) is 0 Å². The zero-order valence-corrected chi connectivity index (χ0v) is 11.1. The van der Waals surface area contributed by atoms with E-state index in [2.05, 4.69) is 12.2 Å². The summed E-state index contributed by atoms with van der Waals surface area (Å²) in [6, 6.07) is 6.06. The number of carbonyl (C=O) groups excluding carboxylic acids is 1. The Hall–Kier alpha value is -1.35. The lowest BCUT2D eigenvalue weighted by atomic mass is 9.92. The number of nitrogens with one attached hydrogen (secondary N) is 1. The molecule has 1 amide bonds. The van der Waals surface area contributed by atoms with E-state index in [0.29, 0.717) is 6.54 Å². The molecule has 17 heavy (non-hydrogen) atoms. The van der Waals surface area contributed by atoms with E-state index in [1.165, 1.54) is 0 Å². The minimum Gasteiger partial charge on any atom is -0.329 e. The van der Waals surface area contributed by atoms with Crippen LogP contribution in [-0.4, -0.2) is 12.5 Å². The zero-order valence-electron chi connectivity index (χ0n) is 11.1. The molecule has 0 fully saturated rings. The summed E-state index contributed by atoms with van der Waals surface area (Å²) in [4.78, 5) is 12.1. The SMILES string of the molecule is CCc1cccc(C)c1NC(=O)C(C)(C)CN. The molecule has 0 aliphatic heterocycles. The predicted molar refractivity (Wildman–Crippen MR) is 72.0 cm³/mol. The fourth-order valence-corrected chi connectivity index (χ4v) is 1.58. The van der Waals surface area contributed by atoms with Gasteiger partial charge in [0.05, 0.1) is 5.41 Å². The van der Waals surface area contributed by atoms with Gasteiger partial charge in [0, 0.05) is 12.2 Å². The molecular formula is C14H22N2O. The maximum Gasteiger partial charge on any atom is 0.231 e. The van der Waals surface area contributed by atoms with Gasteiger partial charge in [-0.2, -0.15) is 0 Å². The number of hydrogen-bond acceptors (Lipinski definition) is 2. The molecule has 0 atom stereocenters. The summed E-state index contributed by atoms with van der Waals surface area (Å²) < 4.78 is 0. The molecule has 94 valence electrons. The first-order valence-corrected chi connectivity index (χ1v) is 6.02. The minimum atomic E-state index is -0.534. The molecule has 0 radical (unpaired) electrons. The Kier molecular flexibility index (Phi) is 4.29. The van der Waals surface area contributed by atoms with Gasteiger partial charge in [0.25, 0.3) is 0 Å². The summed E-state index contributed by atoms with van der Waals surface area (Å²) in [7, 11) is 0. The molecule has 0 saturated carbocycles. The Morgan fingerprint density at radius 2 is 2.06 bits per heavy atom. The Morgan fingerprint density at radius 1 is 1.41 bits per heavy atom. The first-order chi connectivity index (χ1) is 7.92. The van der Waals surface area contributed by atoms with Crippen LogP contribution in [-0.2, 0) is 11.2 Å². The van der Waals surface area contributed by atoms with Crippen LogP contribution in [0.5, 0.6) is 0 Å². The Bertz CT molecular complexity index is 411. The quantitative estimate of drug-likeness (QED) is 0.841. The molecule has 0 aliphatic carbocycles. The lowest BCUT2D eigenvalue weighted by Crippen LogP contribution is -2.37. The van der Waals surface area contributed by atoms with Gasteiger partial charge in [-0.1, -0.05) is 25.1 Å². The number of nitrogens with two attached hydrogens (primary N) is 1. The van der Waals surface area contributed by atoms with Gasteiger partial charge in [0.15, 0.2) is 0 Å². The highest BCUT2D eigenvalue weighted by Crippen LogP contribution is 2.24. The van der Waals surface area contributed by atoms with Crippen LogP contribution in [0.15, 0.2) is 18.2 Å². The van der Waals surface area contributed by atoms with E-state index < -0.39 is 5.41 Å². The summed E-state index contributed by atoms with van der Waals surface area (Å²) in [6.07, 6.45) is 0.903. The Balaban J connectivity index is 2.99. The number of para-hydroxylation sites is 1. The molecule has 0 saturated heterocycles. The molecule has 0 aliphatic rings. The highest BCUT2D eigenvalue weighted by Gasteiger charge is 2.26. The maximum atomic E-state index is 12.1. The van der Waals surface area contributed by atoms with E-state index in [4.69, 9.17) is 5.73 Å². The van der Waals surface area contributed by atoms with Crippen molar-refractivity contribution >= 4 is 11.6 Å². The highest BCUT2D eigenvalue weighted by atomic mass is 16.2. The third-order valence-corrected chi connectivity index (χ3v) is 3.10. The molecule has 0 unspecified atom stereocenters. The van der Waals surface area contributed by atoms with Crippen molar-refractivity contribution in [2.75, 3.05) is 11.9 Å². The van der Waals surface area contributed by atoms with Crippen molar-refractivity contribution in [2.24, 2.45) is 11.1 Å². The predicted octanol–water partition coefficient (Wildman–Crippen LogP) is 2.48. The first-order valence-electron chi connectivity index (χ1n) is 6.02. The van der Waals surface area contributed by atoms with Crippen LogP contribution in [0.4, 0.5) is 5.69 Å². The van der Waals surface area contributed by atoms with Crippen molar-refractivity contribution < 1.29 is 4.79 Å². The lowest BCUT2D eigenvalue weighted by molar-refractivity contribution is -0.123. The second-order valence-electron chi connectivity index (χ2n) is 5.00. The maximum absolute atomic E-state index is 12.1. The van der Waals surface area contributed by atoms with Gasteiger partial charge in [-0.05, 0) is 38.3 Å². The number of carbonyl (C=O) groups is 1. The average Bonchev–Trinajstić information content (AvgIpc) is 2.31. The van der Waals surface area contributed by atoms with Gasteiger partial charge in [0.2, 0.25) is 5.91 Å². The van der Waals surface area contributed by atoms with Gasteiger partial charge in [-0.15, -0.1) is 0 Å². The molecule has 3 nitrogen and oxygen atoms in total. The van der Waals surface area contributed by atoms with Gasteiger partial charge < -0.3 is 11.1 Å². The first kappa shape index (κ1) is 13.7. The topological polar surface area (TPSA) is 55.1 Å². The van der Waals surface area contributed by atoms with E-state index in [-0.39, 0.29) is 5.91 Å². The standard InChI is InChI=1S/C14H22N2O/c1-5-11-8-6-7-10(2)12(11)16-13(17)14(3,4)9-15/h6-8H,5,9,15H2,1-4H3,(H,16,17). The molecule has 0 aromatic heterocycles. The van der Waals surface area contributed by atoms with Crippen molar-refractivity contribution in [1.29, 1.82) is 0 Å². The van der Waals surface area contributed by atoms with Crippen LogP contribution < -0.4 is 11.1 Å². The van der Waals surface area contributed by atoms with Crippen molar-refractivity contribution in [3.05, 3.63) is 29.3 Å². The minimum absolute atomic E-state index is 0.0241. The van der Waals surface area contributed by atoms with E-state index in [1.54, 1.807) is 0 Å².